The molecule has 0 aromatic carbocycles. The lowest BCUT2D eigenvalue weighted by molar-refractivity contribution is -0.137. The second-order valence-electron chi connectivity index (χ2n) is 4.38. The molecule has 1 unspecified atom stereocenters. The van der Waals surface area contributed by atoms with Crippen molar-refractivity contribution in [1.29, 1.82) is 0 Å². The molecule has 0 amide bonds. The van der Waals surface area contributed by atoms with Crippen LogP contribution in [0.3, 0.4) is 0 Å². The van der Waals surface area contributed by atoms with Crippen LogP contribution in [0.1, 0.15) is 18.4 Å². The highest BCUT2D eigenvalue weighted by atomic mass is 19.4. The molecule has 0 bridgehead atoms. The van der Waals surface area contributed by atoms with Gasteiger partial charge in [0.15, 0.2) is 0 Å². The number of carbonyl (C=O) groups is 1. The number of carbonyl (C=O) groups excluding carboxylic acids is 1. The Labute approximate surface area is 103 Å². The van der Waals surface area contributed by atoms with Crippen LogP contribution in [0.4, 0.5) is 19.0 Å². The van der Waals surface area contributed by atoms with Crippen LogP contribution in [0, 0.1) is 5.92 Å². The smallest absolute Gasteiger partial charge is 0.356 e. The normalized spacial score (nSPS) is 20.8. The summed E-state index contributed by atoms with van der Waals surface area (Å²) < 4.78 is 37.7. The summed E-state index contributed by atoms with van der Waals surface area (Å²) in [5.74, 6) is 0.173. The van der Waals surface area contributed by atoms with Gasteiger partial charge in [0.25, 0.3) is 0 Å². The summed E-state index contributed by atoms with van der Waals surface area (Å²) in [5, 5.41) is 0. The SMILES string of the molecule is O=CC1CCCN(c2cc(C(F)(F)F)ccn2)C1. The molecule has 1 fully saturated rings. The standard InChI is InChI=1S/C12H13F3N2O/c13-12(14,15)10-3-4-16-11(6-10)17-5-1-2-9(7-17)8-18/h3-4,6,8-9H,1-2,5,7H2. The molecule has 6 heteroatoms. The Morgan fingerprint density at radius 1 is 1.44 bits per heavy atom. The van der Waals surface area contributed by atoms with Gasteiger partial charge in [-0.15, -0.1) is 0 Å². The van der Waals surface area contributed by atoms with Gasteiger partial charge in [0.05, 0.1) is 5.56 Å². The van der Waals surface area contributed by atoms with Crippen LogP contribution >= 0.6 is 0 Å². The van der Waals surface area contributed by atoms with Crippen molar-refractivity contribution in [2.24, 2.45) is 5.92 Å². The van der Waals surface area contributed by atoms with Crippen LogP contribution in [0.25, 0.3) is 0 Å². The Hall–Kier alpha value is -1.59. The van der Waals surface area contributed by atoms with Crippen molar-refractivity contribution < 1.29 is 18.0 Å². The molecule has 0 spiro atoms. The molecule has 0 N–H and O–H groups in total. The summed E-state index contributed by atoms with van der Waals surface area (Å²) in [6.07, 6.45) is -0.764. The molecule has 1 atom stereocenters. The van der Waals surface area contributed by atoms with Crippen LogP contribution in [-0.4, -0.2) is 24.4 Å². The van der Waals surface area contributed by atoms with Crippen molar-refractivity contribution >= 4 is 12.1 Å². The molecule has 2 rings (SSSR count). The monoisotopic (exact) mass is 258 g/mol. The number of piperidine rings is 1. The predicted molar refractivity (Wildman–Crippen MR) is 60.2 cm³/mol. The Bertz CT molecular complexity index is 434. The van der Waals surface area contributed by atoms with E-state index < -0.39 is 11.7 Å². The van der Waals surface area contributed by atoms with E-state index in [2.05, 4.69) is 4.98 Å². The number of aldehydes is 1. The minimum atomic E-state index is -4.36. The Morgan fingerprint density at radius 2 is 2.22 bits per heavy atom. The first-order valence-corrected chi connectivity index (χ1v) is 5.74. The lowest BCUT2D eigenvalue weighted by atomic mass is 10.00. The number of nitrogens with zero attached hydrogens (tertiary/aromatic N) is 2. The van der Waals surface area contributed by atoms with E-state index >= 15 is 0 Å². The lowest BCUT2D eigenvalue weighted by Gasteiger charge is -2.31. The zero-order valence-electron chi connectivity index (χ0n) is 9.65. The molecule has 1 aliphatic rings. The van der Waals surface area contributed by atoms with Gasteiger partial charge < -0.3 is 9.69 Å². The maximum Gasteiger partial charge on any atom is 0.416 e. The minimum Gasteiger partial charge on any atom is -0.356 e. The molecule has 0 saturated carbocycles. The third-order valence-electron chi connectivity index (χ3n) is 3.05. The fraction of sp³-hybridized carbons (Fsp3) is 0.500. The predicted octanol–water partition coefficient (Wildman–Crippen LogP) is 2.52. The van der Waals surface area contributed by atoms with Crippen LogP contribution in [0.5, 0.6) is 0 Å². The lowest BCUT2D eigenvalue weighted by Crippen LogP contribution is -2.36. The average Bonchev–Trinajstić information content (AvgIpc) is 2.38. The maximum absolute atomic E-state index is 12.6. The fourth-order valence-corrected chi connectivity index (χ4v) is 2.10. The largest absolute Gasteiger partial charge is 0.416 e. The Kier molecular flexibility index (Phi) is 3.54. The first-order chi connectivity index (χ1) is 8.50. The summed E-state index contributed by atoms with van der Waals surface area (Å²) in [6, 6.07) is 1.98. The van der Waals surface area contributed by atoms with Gasteiger partial charge in [-0.05, 0) is 25.0 Å². The first-order valence-electron chi connectivity index (χ1n) is 5.74. The van der Waals surface area contributed by atoms with Gasteiger partial charge in [-0.25, -0.2) is 4.98 Å². The van der Waals surface area contributed by atoms with Gasteiger partial charge in [-0.1, -0.05) is 0 Å². The Morgan fingerprint density at radius 3 is 2.89 bits per heavy atom. The zero-order chi connectivity index (χ0) is 13.2. The molecule has 0 radical (unpaired) electrons. The van der Waals surface area contributed by atoms with Crippen molar-refractivity contribution in [3.8, 4) is 0 Å². The van der Waals surface area contributed by atoms with Gasteiger partial charge in [-0.3, -0.25) is 0 Å². The highest BCUT2D eigenvalue weighted by Gasteiger charge is 2.31. The third kappa shape index (κ3) is 2.80. The number of alkyl halides is 3. The molecule has 0 aliphatic carbocycles. The Balaban J connectivity index is 2.20. The number of aromatic nitrogens is 1. The van der Waals surface area contributed by atoms with Crippen molar-refractivity contribution in [3.63, 3.8) is 0 Å². The quantitative estimate of drug-likeness (QED) is 0.764. The van der Waals surface area contributed by atoms with Gasteiger partial charge in [0, 0.05) is 25.2 Å². The van der Waals surface area contributed by atoms with Crippen molar-refractivity contribution in [3.05, 3.63) is 23.9 Å². The van der Waals surface area contributed by atoms with Crippen LogP contribution in [0.2, 0.25) is 0 Å². The average molecular weight is 258 g/mol. The molecule has 98 valence electrons. The van der Waals surface area contributed by atoms with E-state index in [-0.39, 0.29) is 11.7 Å². The van der Waals surface area contributed by atoms with E-state index in [0.717, 1.165) is 37.5 Å². The van der Waals surface area contributed by atoms with E-state index in [1.807, 2.05) is 0 Å². The highest BCUT2D eigenvalue weighted by Crippen LogP contribution is 2.31. The summed E-state index contributed by atoms with van der Waals surface area (Å²) >= 11 is 0. The third-order valence-corrected chi connectivity index (χ3v) is 3.05. The summed E-state index contributed by atoms with van der Waals surface area (Å²) in [6.45, 7) is 1.08. The summed E-state index contributed by atoms with van der Waals surface area (Å²) in [4.78, 5) is 16.4. The molecule has 1 aromatic rings. The molecule has 1 aromatic heterocycles. The molecule has 1 saturated heterocycles. The number of hydrogen-bond donors (Lipinski definition) is 0. The second kappa shape index (κ2) is 4.96. The highest BCUT2D eigenvalue weighted by molar-refractivity contribution is 5.56. The fourth-order valence-electron chi connectivity index (χ4n) is 2.10. The number of anilines is 1. The zero-order valence-corrected chi connectivity index (χ0v) is 9.65. The number of pyridine rings is 1. The van der Waals surface area contributed by atoms with Gasteiger partial charge in [0.1, 0.15) is 12.1 Å². The van der Waals surface area contributed by atoms with Gasteiger partial charge in [-0.2, -0.15) is 13.2 Å². The van der Waals surface area contributed by atoms with Crippen molar-refractivity contribution in [1.82, 2.24) is 4.98 Å². The number of rotatable bonds is 2. The van der Waals surface area contributed by atoms with Crippen LogP contribution < -0.4 is 4.90 Å². The van der Waals surface area contributed by atoms with Gasteiger partial charge >= 0.3 is 6.18 Å². The number of halogens is 3. The molecule has 1 aliphatic heterocycles. The van der Waals surface area contributed by atoms with E-state index in [0.29, 0.717) is 13.1 Å². The summed E-state index contributed by atoms with van der Waals surface area (Å²) in [7, 11) is 0. The molecular formula is C12H13F3N2O. The first kappa shape index (κ1) is 12.9. The maximum atomic E-state index is 12.6. The van der Waals surface area contributed by atoms with E-state index in [1.54, 1.807) is 4.90 Å². The molecule has 18 heavy (non-hydrogen) atoms. The van der Waals surface area contributed by atoms with E-state index in [9.17, 15) is 18.0 Å². The van der Waals surface area contributed by atoms with Crippen LogP contribution in [0.15, 0.2) is 18.3 Å². The topological polar surface area (TPSA) is 33.2 Å². The number of hydrogen-bond acceptors (Lipinski definition) is 3. The molecular weight excluding hydrogens is 245 g/mol. The van der Waals surface area contributed by atoms with E-state index in [1.165, 1.54) is 0 Å². The van der Waals surface area contributed by atoms with Gasteiger partial charge in [0.2, 0.25) is 0 Å². The summed E-state index contributed by atoms with van der Waals surface area (Å²) in [5.41, 5.74) is -0.708. The second-order valence-corrected chi connectivity index (χ2v) is 4.38. The molecule has 3 nitrogen and oxygen atoms in total. The van der Waals surface area contributed by atoms with E-state index in [4.69, 9.17) is 0 Å². The molecule has 2 heterocycles. The van der Waals surface area contributed by atoms with Crippen LogP contribution in [-0.2, 0) is 11.0 Å². The van der Waals surface area contributed by atoms with Crippen molar-refractivity contribution in [2.75, 3.05) is 18.0 Å². The minimum absolute atomic E-state index is 0.116. The van der Waals surface area contributed by atoms with Crippen molar-refractivity contribution in [2.45, 2.75) is 19.0 Å².